The Bertz CT molecular complexity index is 583. The Kier molecular flexibility index (Phi) is 4.60. The van der Waals surface area contributed by atoms with Gasteiger partial charge in [0.05, 0.1) is 28.8 Å². The van der Waals surface area contributed by atoms with E-state index in [0.29, 0.717) is 6.42 Å². The van der Waals surface area contributed by atoms with Crippen LogP contribution >= 0.6 is 27.3 Å². The molecule has 5 heteroatoms. The number of rotatable bonds is 4. The van der Waals surface area contributed by atoms with Gasteiger partial charge in [-0.1, -0.05) is 15.9 Å². The normalized spacial score (nSPS) is 12.5. The molecule has 19 heavy (non-hydrogen) atoms. The molecular weight excluding hydrogens is 326 g/mol. The maximum atomic E-state index is 10.4. The first-order valence-electron chi connectivity index (χ1n) is 5.95. The van der Waals surface area contributed by atoms with Gasteiger partial charge in [-0.2, -0.15) is 0 Å². The van der Waals surface area contributed by atoms with Crippen LogP contribution in [0.2, 0.25) is 0 Å². The highest BCUT2D eigenvalue weighted by molar-refractivity contribution is 9.10. The highest BCUT2D eigenvalue weighted by Crippen LogP contribution is 2.31. The number of benzene rings is 1. The summed E-state index contributed by atoms with van der Waals surface area (Å²) in [5.74, 6) is 0.794. The lowest BCUT2D eigenvalue weighted by atomic mass is 10.1. The van der Waals surface area contributed by atoms with Crippen molar-refractivity contribution in [3.63, 3.8) is 0 Å². The number of halogens is 1. The van der Waals surface area contributed by atoms with Gasteiger partial charge in [-0.25, -0.2) is 4.98 Å². The van der Waals surface area contributed by atoms with Crippen LogP contribution in [0.5, 0.6) is 5.75 Å². The molecular formula is C14H16BrNO2S. The average Bonchev–Trinajstić information content (AvgIpc) is 2.71. The fraction of sp³-hybridized carbons (Fsp3) is 0.357. The van der Waals surface area contributed by atoms with E-state index >= 15 is 0 Å². The Morgan fingerprint density at radius 2 is 2.16 bits per heavy atom. The first kappa shape index (κ1) is 14.5. The van der Waals surface area contributed by atoms with E-state index in [0.717, 1.165) is 31.4 Å². The number of ether oxygens (including phenoxy) is 1. The second-order valence-corrected chi connectivity index (χ2v) is 6.45. The minimum Gasteiger partial charge on any atom is -0.497 e. The molecule has 0 aliphatic carbocycles. The van der Waals surface area contributed by atoms with Gasteiger partial charge in [-0.05, 0) is 37.6 Å². The van der Waals surface area contributed by atoms with Crippen LogP contribution in [-0.4, -0.2) is 17.2 Å². The molecule has 0 spiro atoms. The molecule has 0 aliphatic heterocycles. The molecule has 0 fully saturated rings. The Labute approximate surface area is 125 Å². The van der Waals surface area contributed by atoms with E-state index in [-0.39, 0.29) is 0 Å². The number of aliphatic hydroxyl groups excluding tert-OH is 1. The fourth-order valence-electron chi connectivity index (χ4n) is 1.99. The van der Waals surface area contributed by atoms with Crippen LogP contribution in [0.1, 0.15) is 27.2 Å². The van der Waals surface area contributed by atoms with Crippen molar-refractivity contribution in [1.29, 1.82) is 0 Å². The SMILES string of the molecule is COc1ccc(Br)c(CC(O)c2sc(C)nc2C)c1. The van der Waals surface area contributed by atoms with Gasteiger partial charge in [-0.15, -0.1) is 11.3 Å². The smallest absolute Gasteiger partial charge is 0.119 e. The molecule has 0 amide bonds. The van der Waals surface area contributed by atoms with Gasteiger partial charge < -0.3 is 9.84 Å². The van der Waals surface area contributed by atoms with Crippen LogP contribution in [-0.2, 0) is 6.42 Å². The summed E-state index contributed by atoms with van der Waals surface area (Å²) in [6.45, 7) is 3.89. The largest absolute Gasteiger partial charge is 0.497 e. The predicted molar refractivity (Wildman–Crippen MR) is 80.9 cm³/mol. The van der Waals surface area contributed by atoms with E-state index in [9.17, 15) is 5.11 Å². The number of aromatic nitrogens is 1. The number of nitrogens with zero attached hydrogens (tertiary/aromatic N) is 1. The number of aryl methyl sites for hydroxylation is 2. The van der Waals surface area contributed by atoms with Gasteiger partial charge in [0.1, 0.15) is 5.75 Å². The number of hydrogen-bond donors (Lipinski definition) is 1. The molecule has 2 rings (SSSR count). The van der Waals surface area contributed by atoms with Crippen molar-refractivity contribution in [1.82, 2.24) is 4.98 Å². The van der Waals surface area contributed by atoms with Crippen molar-refractivity contribution < 1.29 is 9.84 Å². The van der Waals surface area contributed by atoms with Crippen molar-refractivity contribution in [2.45, 2.75) is 26.4 Å². The molecule has 0 radical (unpaired) electrons. The van der Waals surface area contributed by atoms with Gasteiger partial charge in [0.25, 0.3) is 0 Å². The molecule has 102 valence electrons. The van der Waals surface area contributed by atoms with Crippen molar-refractivity contribution >= 4 is 27.3 Å². The van der Waals surface area contributed by atoms with Gasteiger partial charge >= 0.3 is 0 Å². The summed E-state index contributed by atoms with van der Waals surface area (Å²) in [6, 6.07) is 5.77. The number of hydrogen-bond acceptors (Lipinski definition) is 4. The summed E-state index contributed by atoms with van der Waals surface area (Å²) in [5.41, 5.74) is 1.94. The van der Waals surface area contributed by atoms with E-state index in [1.165, 1.54) is 0 Å². The summed E-state index contributed by atoms with van der Waals surface area (Å²) in [7, 11) is 1.64. The third-order valence-corrected chi connectivity index (χ3v) is 4.86. The van der Waals surface area contributed by atoms with Crippen LogP contribution in [0.3, 0.4) is 0 Å². The first-order chi connectivity index (χ1) is 9.01. The monoisotopic (exact) mass is 341 g/mol. The van der Waals surface area contributed by atoms with Crippen molar-refractivity contribution in [3.05, 3.63) is 43.8 Å². The number of methoxy groups -OCH3 is 1. The molecule has 0 aliphatic rings. The van der Waals surface area contributed by atoms with Gasteiger partial charge in [0.2, 0.25) is 0 Å². The second-order valence-electron chi connectivity index (χ2n) is 4.36. The number of thiazole rings is 1. The Morgan fingerprint density at radius 3 is 2.74 bits per heavy atom. The molecule has 1 unspecified atom stereocenters. The highest BCUT2D eigenvalue weighted by Gasteiger charge is 2.17. The average molecular weight is 342 g/mol. The Morgan fingerprint density at radius 1 is 1.42 bits per heavy atom. The van der Waals surface area contributed by atoms with Crippen LogP contribution in [0.4, 0.5) is 0 Å². The summed E-state index contributed by atoms with van der Waals surface area (Å²) in [6.07, 6.45) is 0.00915. The maximum Gasteiger partial charge on any atom is 0.119 e. The fourth-order valence-corrected chi connectivity index (χ4v) is 3.31. The van der Waals surface area contributed by atoms with E-state index in [2.05, 4.69) is 20.9 Å². The number of aliphatic hydroxyl groups is 1. The van der Waals surface area contributed by atoms with Gasteiger partial charge in [-0.3, -0.25) is 0 Å². The zero-order valence-corrected chi connectivity index (χ0v) is 13.5. The molecule has 1 N–H and O–H groups in total. The molecule has 0 bridgehead atoms. The maximum absolute atomic E-state index is 10.4. The lowest BCUT2D eigenvalue weighted by Gasteiger charge is -2.12. The van der Waals surface area contributed by atoms with E-state index in [4.69, 9.17) is 4.74 Å². The van der Waals surface area contributed by atoms with Crippen LogP contribution in [0.25, 0.3) is 0 Å². The Balaban J connectivity index is 2.23. The van der Waals surface area contributed by atoms with Gasteiger partial charge in [0.15, 0.2) is 0 Å². The van der Waals surface area contributed by atoms with E-state index < -0.39 is 6.10 Å². The quantitative estimate of drug-likeness (QED) is 0.919. The minimum atomic E-state index is -0.533. The van der Waals surface area contributed by atoms with E-state index in [1.807, 2.05) is 32.0 Å². The van der Waals surface area contributed by atoms with Gasteiger partial charge in [0, 0.05) is 10.9 Å². The van der Waals surface area contributed by atoms with Crippen LogP contribution in [0.15, 0.2) is 22.7 Å². The van der Waals surface area contributed by atoms with Crippen molar-refractivity contribution in [3.8, 4) is 5.75 Å². The van der Waals surface area contributed by atoms with Crippen molar-refractivity contribution in [2.75, 3.05) is 7.11 Å². The summed E-state index contributed by atoms with van der Waals surface area (Å²) in [4.78, 5) is 5.29. The zero-order chi connectivity index (χ0) is 14.0. The van der Waals surface area contributed by atoms with Crippen LogP contribution < -0.4 is 4.74 Å². The summed E-state index contributed by atoms with van der Waals surface area (Å²) in [5, 5.41) is 11.3. The first-order valence-corrected chi connectivity index (χ1v) is 7.56. The third-order valence-electron chi connectivity index (χ3n) is 2.91. The van der Waals surface area contributed by atoms with Crippen molar-refractivity contribution in [2.24, 2.45) is 0 Å². The molecule has 1 aromatic heterocycles. The molecule has 2 aromatic rings. The minimum absolute atomic E-state index is 0.533. The molecule has 0 saturated carbocycles. The molecule has 1 aromatic carbocycles. The second kappa shape index (κ2) is 6.03. The topological polar surface area (TPSA) is 42.4 Å². The van der Waals surface area contributed by atoms with Crippen LogP contribution in [0, 0.1) is 13.8 Å². The van der Waals surface area contributed by atoms with E-state index in [1.54, 1.807) is 18.4 Å². The summed E-state index contributed by atoms with van der Waals surface area (Å²) >= 11 is 5.06. The lowest BCUT2D eigenvalue weighted by Crippen LogP contribution is -2.02. The Hall–Kier alpha value is -0.910. The molecule has 0 saturated heterocycles. The predicted octanol–water partition coefficient (Wildman–Crippen LogP) is 3.81. The standard InChI is InChI=1S/C14H16BrNO2S/c1-8-14(19-9(2)16-8)13(17)7-10-6-11(18-3)4-5-12(10)15/h4-6,13,17H,7H2,1-3H3. The third kappa shape index (κ3) is 3.35. The molecule has 1 atom stereocenters. The lowest BCUT2D eigenvalue weighted by molar-refractivity contribution is 0.181. The summed E-state index contributed by atoms with van der Waals surface area (Å²) < 4.78 is 6.19. The molecule has 1 heterocycles. The zero-order valence-electron chi connectivity index (χ0n) is 11.1. The highest BCUT2D eigenvalue weighted by atomic mass is 79.9. The molecule has 3 nitrogen and oxygen atoms in total.